The van der Waals surface area contributed by atoms with Gasteiger partial charge < -0.3 is 15.2 Å². The molecule has 112 valence electrons. The molecule has 6 heteroatoms. The fourth-order valence-electron chi connectivity index (χ4n) is 1.68. The molecule has 2 N–H and O–H groups in total. The van der Waals surface area contributed by atoms with Gasteiger partial charge in [-0.15, -0.1) is 0 Å². The van der Waals surface area contributed by atoms with E-state index in [2.05, 4.69) is 5.32 Å². The van der Waals surface area contributed by atoms with Crippen LogP contribution in [0.5, 0.6) is 5.75 Å². The average Bonchev–Trinajstić information content (AvgIpc) is 2.41. The Morgan fingerprint density at radius 2 is 2.25 bits per heavy atom. The summed E-state index contributed by atoms with van der Waals surface area (Å²) in [5.41, 5.74) is 0.903. The Balaban J connectivity index is 2.45. The van der Waals surface area contributed by atoms with Crippen LogP contribution in [0.15, 0.2) is 18.2 Å². The van der Waals surface area contributed by atoms with Crippen molar-refractivity contribution in [3.05, 3.63) is 28.8 Å². The molecule has 0 aliphatic heterocycles. The fourth-order valence-corrected chi connectivity index (χ4v) is 2.42. The van der Waals surface area contributed by atoms with Crippen molar-refractivity contribution < 1.29 is 14.6 Å². The van der Waals surface area contributed by atoms with Gasteiger partial charge in [0.25, 0.3) is 5.91 Å². The maximum atomic E-state index is 11.8. The number of benzene rings is 1. The van der Waals surface area contributed by atoms with E-state index in [9.17, 15) is 4.79 Å². The molecule has 4 nitrogen and oxygen atoms in total. The predicted molar refractivity (Wildman–Crippen MR) is 83.7 cm³/mol. The molecule has 0 aliphatic rings. The molecule has 1 aromatic rings. The predicted octanol–water partition coefficient (Wildman–Crippen LogP) is 2.26. The quantitative estimate of drug-likeness (QED) is 0.810. The number of rotatable bonds is 7. The minimum Gasteiger partial charge on any atom is -0.484 e. The van der Waals surface area contributed by atoms with Crippen LogP contribution in [0.4, 0.5) is 0 Å². The number of carbonyl (C=O) groups is 1. The van der Waals surface area contributed by atoms with E-state index in [0.29, 0.717) is 10.8 Å². The van der Waals surface area contributed by atoms with Crippen molar-refractivity contribution in [3.8, 4) is 5.75 Å². The molecule has 2 atom stereocenters. The number of thioether (sulfide) groups is 1. The standard InChI is InChI=1S/C14H20ClNO3S/c1-9-6-11(4-5-12(9)15)19-8-14(18)16-10(2)13(7-17)20-3/h4-6,10,13,17H,7-8H2,1-3H3,(H,16,18). The molecule has 1 rings (SSSR count). The molecule has 1 amide bonds. The summed E-state index contributed by atoms with van der Waals surface area (Å²) in [5.74, 6) is 0.399. The highest BCUT2D eigenvalue weighted by Crippen LogP contribution is 2.20. The summed E-state index contributed by atoms with van der Waals surface area (Å²) in [6.07, 6.45) is 1.90. The fraction of sp³-hybridized carbons (Fsp3) is 0.500. The topological polar surface area (TPSA) is 58.6 Å². The first kappa shape index (κ1) is 17.1. The number of ether oxygens (including phenoxy) is 1. The van der Waals surface area contributed by atoms with E-state index in [4.69, 9.17) is 21.4 Å². The van der Waals surface area contributed by atoms with Crippen molar-refractivity contribution in [2.24, 2.45) is 0 Å². The summed E-state index contributed by atoms with van der Waals surface area (Å²) in [5, 5.41) is 12.6. The zero-order chi connectivity index (χ0) is 15.1. The molecule has 0 radical (unpaired) electrons. The molecule has 1 aromatic carbocycles. The maximum Gasteiger partial charge on any atom is 0.258 e. The van der Waals surface area contributed by atoms with Crippen LogP contribution in [0.2, 0.25) is 5.02 Å². The molecule has 0 aliphatic carbocycles. The number of hydrogen-bond acceptors (Lipinski definition) is 4. The first-order chi connectivity index (χ1) is 9.47. The molecule has 0 saturated heterocycles. The third-order valence-corrected chi connectivity index (χ3v) is 4.52. The van der Waals surface area contributed by atoms with E-state index in [-0.39, 0.29) is 30.4 Å². The number of aliphatic hydroxyl groups is 1. The first-order valence-corrected chi connectivity index (χ1v) is 7.96. The van der Waals surface area contributed by atoms with Gasteiger partial charge in [-0.25, -0.2) is 0 Å². The second-order valence-electron chi connectivity index (χ2n) is 4.51. The second-order valence-corrected chi connectivity index (χ2v) is 6.00. The summed E-state index contributed by atoms with van der Waals surface area (Å²) in [6.45, 7) is 3.71. The molecule has 0 aromatic heterocycles. The van der Waals surface area contributed by atoms with Crippen LogP contribution >= 0.6 is 23.4 Å². The van der Waals surface area contributed by atoms with Crippen LogP contribution in [0.1, 0.15) is 12.5 Å². The van der Waals surface area contributed by atoms with Gasteiger partial charge in [0.15, 0.2) is 6.61 Å². The second kappa shape index (κ2) is 8.39. The lowest BCUT2D eigenvalue weighted by molar-refractivity contribution is -0.123. The van der Waals surface area contributed by atoms with Gasteiger partial charge >= 0.3 is 0 Å². The van der Waals surface area contributed by atoms with Gasteiger partial charge in [0.2, 0.25) is 0 Å². The van der Waals surface area contributed by atoms with E-state index < -0.39 is 0 Å². The molecule has 2 unspecified atom stereocenters. The zero-order valence-electron chi connectivity index (χ0n) is 11.9. The molecular formula is C14H20ClNO3S. The van der Waals surface area contributed by atoms with E-state index in [1.54, 1.807) is 18.2 Å². The van der Waals surface area contributed by atoms with Crippen LogP contribution < -0.4 is 10.1 Å². The maximum absolute atomic E-state index is 11.8. The van der Waals surface area contributed by atoms with Crippen LogP contribution in [0, 0.1) is 6.92 Å². The monoisotopic (exact) mass is 317 g/mol. The van der Waals surface area contributed by atoms with E-state index >= 15 is 0 Å². The highest BCUT2D eigenvalue weighted by Gasteiger charge is 2.17. The van der Waals surface area contributed by atoms with Crippen LogP contribution in [0.3, 0.4) is 0 Å². The van der Waals surface area contributed by atoms with Gasteiger partial charge in [0, 0.05) is 16.3 Å². The Kier molecular flexibility index (Phi) is 7.19. The average molecular weight is 318 g/mol. The summed E-state index contributed by atoms with van der Waals surface area (Å²) in [4.78, 5) is 11.8. The molecule has 0 fully saturated rings. The molecule has 20 heavy (non-hydrogen) atoms. The largest absolute Gasteiger partial charge is 0.484 e. The number of aryl methyl sites for hydroxylation is 1. The van der Waals surface area contributed by atoms with Crippen LogP contribution in [-0.4, -0.2) is 41.8 Å². The molecule has 0 spiro atoms. The normalized spacial score (nSPS) is 13.7. The van der Waals surface area contributed by atoms with Crippen molar-refractivity contribution in [1.82, 2.24) is 5.32 Å². The summed E-state index contributed by atoms with van der Waals surface area (Å²) in [7, 11) is 0. The number of nitrogens with one attached hydrogen (secondary N) is 1. The van der Waals surface area contributed by atoms with Crippen LogP contribution in [-0.2, 0) is 4.79 Å². The van der Waals surface area contributed by atoms with Crippen LogP contribution in [0.25, 0.3) is 0 Å². The van der Waals surface area contributed by atoms with Gasteiger partial charge in [0.05, 0.1) is 6.61 Å². The summed E-state index contributed by atoms with van der Waals surface area (Å²) in [6, 6.07) is 5.14. The number of hydrogen-bond donors (Lipinski definition) is 2. The molecule has 0 saturated carbocycles. The Hall–Kier alpha value is -0.910. The summed E-state index contributed by atoms with van der Waals surface area (Å²) >= 11 is 7.44. The molecule has 0 heterocycles. The number of aliphatic hydroxyl groups excluding tert-OH is 1. The third-order valence-electron chi connectivity index (χ3n) is 2.93. The Morgan fingerprint density at radius 1 is 1.55 bits per heavy atom. The van der Waals surface area contributed by atoms with Gasteiger partial charge in [-0.05, 0) is 43.9 Å². The smallest absolute Gasteiger partial charge is 0.258 e. The Labute approximate surface area is 128 Å². The van der Waals surface area contributed by atoms with E-state index in [1.165, 1.54) is 11.8 Å². The number of halogens is 1. The Bertz CT molecular complexity index is 452. The van der Waals surface area contributed by atoms with Crippen molar-refractivity contribution in [2.75, 3.05) is 19.5 Å². The zero-order valence-corrected chi connectivity index (χ0v) is 13.4. The number of amides is 1. The molecule has 0 bridgehead atoms. The first-order valence-electron chi connectivity index (χ1n) is 6.30. The highest BCUT2D eigenvalue weighted by atomic mass is 35.5. The Morgan fingerprint density at radius 3 is 2.80 bits per heavy atom. The van der Waals surface area contributed by atoms with Crippen molar-refractivity contribution in [1.29, 1.82) is 0 Å². The number of carbonyl (C=O) groups excluding carboxylic acids is 1. The van der Waals surface area contributed by atoms with Gasteiger partial charge in [0.1, 0.15) is 5.75 Å². The molecular weight excluding hydrogens is 298 g/mol. The lowest BCUT2D eigenvalue weighted by atomic mass is 10.2. The van der Waals surface area contributed by atoms with Crippen molar-refractivity contribution in [2.45, 2.75) is 25.1 Å². The van der Waals surface area contributed by atoms with E-state index in [1.807, 2.05) is 20.1 Å². The lowest BCUT2D eigenvalue weighted by Gasteiger charge is -2.21. The van der Waals surface area contributed by atoms with Gasteiger partial charge in [-0.1, -0.05) is 11.6 Å². The minimum absolute atomic E-state index is 0.0169. The highest BCUT2D eigenvalue weighted by molar-refractivity contribution is 7.99. The van der Waals surface area contributed by atoms with Crippen molar-refractivity contribution >= 4 is 29.3 Å². The SMILES string of the molecule is CSC(CO)C(C)NC(=O)COc1ccc(Cl)c(C)c1. The van der Waals surface area contributed by atoms with Crippen molar-refractivity contribution in [3.63, 3.8) is 0 Å². The van der Waals surface area contributed by atoms with Gasteiger partial charge in [-0.2, -0.15) is 11.8 Å². The van der Waals surface area contributed by atoms with Gasteiger partial charge in [-0.3, -0.25) is 4.79 Å². The third kappa shape index (κ3) is 5.23. The summed E-state index contributed by atoms with van der Waals surface area (Å²) < 4.78 is 5.41. The van der Waals surface area contributed by atoms with E-state index in [0.717, 1.165) is 5.56 Å². The minimum atomic E-state index is -0.211. The lowest BCUT2D eigenvalue weighted by Crippen LogP contribution is -2.43.